The molecule has 0 aliphatic carbocycles. The van der Waals surface area contributed by atoms with Crippen LogP contribution in [0, 0.1) is 6.67 Å². The van der Waals surface area contributed by atoms with Gasteiger partial charge in [0.25, 0.3) is 0 Å². The van der Waals surface area contributed by atoms with E-state index in [9.17, 15) is 0 Å². The van der Waals surface area contributed by atoms with E-state index in [1.165, 1.54) is 36.8 Å². The summed E-state index contributed by atoms with van der Waals surface area (Å²) in [5.74, 6) is 4.98. The summed E-state index contributed by atoms with van der Waals surface area (Å²) in [5.41, 5.74) is 6.50. The topological polar surface area (TPSA) is 144 Å². The minimum Gasteiger partial charge on any atom is -0.357 e. The molecule has 9 aromatic rings. The first-order valence-corrected chi connectivity index (χ1v) is 29.3. The monoisotopic (exact) mass is 1530 g/mol. The first kappa shape index (κ1) is 63.6. The average molecular weight is 1530 g/mol. The smallest absolute Gasteiger partial charge is 0.357 e. The number of imidazole rings is 1. The van der Waals surface area contributed by atoms with E-state index in [0.717, 1.165) is 48.4 Å². The van der Waals surface area contributed by atoms with Gasteiger partial charge >= 0.3 is 49.3 Å². The van der Waals surface area contributed by atoms with Gasteiger partial charge in [0, 0.05) is 54.7 Å². The van der Waals surface area contributed by atoms with Crippen molar-refractivity contribution in [3.63, 3.8) is 0 Å². The summed E-state index contributed by atoms with van der Waals surface area (Å²) in [7, 11) is 4.61. The minimum absolute atomic E-state index is 0. The van der Waals surface area contributed by atoms with E-state index in [0.29, 0.717) is 46.6 Å². The largest absolute Gasteiger partial charge is 2.00 e. The van der Waals surface area contributed by atoms with Crippen molar-refractivity contribution < 1.29 is 61.4 Å². The third kappa shape index (κ3) is 19.9. The molecular formula is C64H62BrClN14Pt2. The summed E-state index contributed by atoms with van der Waals surface area (Å²) < 4.78 is 4.48. The third-order valence-corrected chi connectivity index (χ3v) is 12.2. The molecule has 5 aromatic heterocycles. The summed E-state index contributed by atoms with van der Waals surface area (Å²) >= 11 is 1.61. The van der Waals surface area contributed by atoms with Gasteiger partial charge in [0.1, 0.15) is 18.9 Å². The molecule has 8 heterocycles. The van der Waals surface area contributed by atoms with Crippen molar-refractivity contribution in [2.24, 2.45) is 20.0 Å². The van der Waals surface area contributed by atoms with Crippen molar-refractivity contribution in [3.05, 3.63) is 289 Å². The molecule has 0 atom stereocenters. The van der Waals surface area contributed by atoms with Gasteiger partial charge in [0.2, 0.25) is 6.33 Å². The van der Waals surface area contributed by atoms with Gasteiger partial charge in [-0.15, -0.1) is 0 Å². The van der Waals surface area contributed by atoms with Crippen LogP contribution in [0.3, 0.4) is 0 Å². The number of halogens is 2. The number of fused-ring (bicyclic) bond motifs is 2. The second kappa shape index (κ2) is 35.3. The van der Waals surface area contributed by atoms with Crippen LogP contribution in [-0.2, 0) is 59.5 Å². The fourth-order valence-electron chi connectivity index (χ4n) is 8.24. The molecular weight excluding hydrogens is 1470 g/mol. The Balaban J connectivity index is 0.000000175. The van der Waals surface area contributed by atoms with Gasteiger partial charge in [0.05, 0.1) is 29.8 Å². The number of hydrogen-bond acceptors (Lipinski definition) is 10. The molecule has 82 heavy (non-hydrogen) atoms. The van der Waals surface area contributed by atoms with Gasteiger partial charge < -0.3 is 57.4 Å². The fraction of sp³-hybridized carbons (Fsp3) is 0.156. The third-order valence-electron chi connectivity index (χ3n) is 12.2. The Morgan fingerprint density at radius 3 is 1.23 bits per heavy atom. The summed E-state index contributed by atoms with van der Waals surface area (Å²) in [6.07, 6.45) is 22.6. The number of unbranched alkanes of at least 4 members (excludes halogenated alkanes) is 2. The SMILES string of the molecule is CCCCN1C=CN(Cc2ccccc2)[CH-]1.CCCCn1cc[n+](Cc2ccccc2)c1.[Br-].[Cl][Pt+].[Pt+2].c1ccc(N=C2[N-]C(=Nc3ccccn3)c3ccccc32)nc1.c1ccc(N=C2[N-]C(=Nc3ccccn3)c3ccccc32)nc1. The Hall–Kier alpha value is -7.54. The molecule has 0 bridgehead atoms. The molecule has 3 aliphatic rings. The molecule has 0 N–H and O–H groups in total. The van der Waals surface area contributed by atoms with Crippen molar-refractivity contribution in [3.8, 4) is 0 Å². The van der Waals surface area contributed by atoms with Gasteiger partial charge in [-0.25, -0.2) is 9.13 Å². The van der Waals surface area contributed by atoms with Crippen LogP contribution < -0.4 is 21.5 Å². The number of hydrogen-bond donors (Lipinski definition) is 0. The zero-order valence-electron chi connectivity index (χ0n) is 45.4. The van der Waals surface area contributed by atoms with Crippen LogP contribution in [0.2, 0.25) is 0 Å². The molecule has 0 radical (unpaired) electrons. The van der Waals surface area contributed by atoms with E-state index in [1.54, 1.807) is 43.6 Å². The number of aromatic nitrogens is 6. The van der Waals surface area contributed by atoms with Crippen LogP contribution >= 0.6 is 9.42 Å². The maximum Gasteiger partial charge on any atom is 2.00 e. The predicted octanol–water partition coefficient (Wildman–Crippen LogP) is 11.5. The molecule has 422 valence electrons. The van der Waals surface area contributed by atoms with Crippen LogP contribution in [0.25, 0.3) is 10.6 Å². The van der Waals surface area contributed by atoms with E-state index >= 15 is 0 Å². The summed E-state index contributed by atoms with van der Waals surface area (Å²) in [4.78, 5) is 39.5. The van der Waals surface area contributed by atoms with Crippen LogP contribution in [0.5, 0.6) is 0 Å². The Morgan fingerprint density at radius 1 is 0.476 bits per heavy atom. The van der Waals surface area contributed by atoms with Crippen LogP contribution in [0.4, 0.5) is 23.3 Å². The summed E-state index contributed by atoms with van der Waals surface area (Å²) in [5, 5.41) is 9.13. The molecule has 4 aromatic carbocycles. The minimum atomic E-state index is 0. The van der Waals surface area contributed by atoms with E-state index < -0.39 is 0 Å². The molecule has 3 aliphatic heterocycles. The van der Waals surface area contributed by atoms with Crippen molar-refractivity contribution in [1.29, 1.82) is 0 Å². The van der Waals surface area contributed by atoms with Gasteiger partial charge in [-0.05, 0) is 114 Å². The van der Waals surface area contributed by atoms with Crippen LogP contribution in [0.15, 0.2) is 258 Å². The maximum absolute atomic E-state index is 4.61. The molecule has 0 fully saturated rings. The summed E-state index contributed by atoms with van der Waals surface area (Å²) in [6, 6.07) is 59.3. The molecule has 0 unspecified atom stereocenters. The Kier molecular flexibility index (Phi) is 27.4. The number of aliphatic imine (C=N–C) groups is 4. The Bertz CT molecular complexity index is 3130. The van der Waals surface area contributed by atoms with Crippen molar-refractivity contribution in [1.82, 2.24) is 34.3 Å². The van der Waals surface area contributed by atoms with Crippen molar-refractivity contribution in [2.45, 2.75) is 59.2 Å². The molecule has 18 heteroatoms. The Morgan fingerprint density at radius 2 is 0.841 bits per heavy atom. The quantitative estimate of drug-likeness (QED) is 0.0783. The molecule has 0 saturated carbocycles. The number of rotatable bonds is 14. The van der Waals surface area contributed by atoms with Crippen molar-refractivity contribution >= 4 is 56.0 Å². The van der Waals surface area contributed by atoms with Crippen LogP contribution in [-0.4, -0.2) is 64.2 Å². The van der Waals surface area contributed by atoms with Gasteiger partial charge in [0.15, 0.2) is 0 Å². The number of nitrogens with zero attached hydrogens (tertiary/aromatic N) is 14. The standard InChI is InChI=1S/2C18H12N5.2C14H19N2.BrH.ClH.2Pt/c2*1-2-8-14-13(7-1)17(21-15-9-3-5-11-19-15)23-18(14)22-16-10-4-6-12-20-16;2*1-2-3-9-15-10-11-16(13-15)12-14-7-5-4-6-8-14;;;;/h2*1-12H;2*4-8,10-11,13H,2-3,9,12H2,1H3;2*1H;;/q3*-1;+1;;;2*+2/p-2. The number of amidine groups is 4. The van der Waals surface area contributed by atoms with Gasteiger partial charge in [-0.1, -0.05) is 160 Å². The fourth-order valence-corrected chi connectivity index (χ4v) is 8.24. The average Bonchev–Trinajstić information content (AvgIpc) is 4.48. The van der Waals surface area contributed by atoms with Crippen molar-refractivity contribution in [2.75, 3.05) is 6.54 Å². The molecule has 0 spiro atoms. The normalized spacial score (nSPS) is 14.2. The first-order chi connectivity index (χ1) is 39.6. The molecule has 0 amide bonds. The van der Waals surface area contributed by atoms with E-state index in [1.807, 2.05) is 121 Å². The molecule has 14 nitrogen and oxygen atoms in total. The second-order valence-corrected chi connectivity index (χ2v) is 18.1. The van der Waals surface area contributed by atoms with Crippen LogP contribution in [0.1, 0.15) is 72.9 Å². The first-order valence-electron chi connectivity index (χ1n) is 26.5. The van der Waals surface area contributed by atoms with Gasteiger partial charge in [-0.3, -0.25) is 19.9 Å². The van der Waals surface area contributed by atoms with E-state index in [2.05, 4.69) is 191 Å². The maximum atomic E-state index is 4.61. The zero-order chi connectivity index (χ0) is 55.4. The summed E-state index contributed by atoms with van der Waals surface area (Å²) in [6.45, 7) is 10.8. The molecule has 0 saturated heterocycles. The number of pyridine rings is 4. The Labute approximate surface area is 521 Å². The van der Waals surface area contributed by atoms with E-state index in [4.69, 9.17) is 0 Å². The molecule has 12 rings (SSSR count). The zero-order valence-corrected chi connectivity index (χ0v) is 52.3. The predicted molar refractivity (Wildman–Crippen MR) is 319 cm³/mol. The van der Waals surface area contributed by atoms with E-state index in [-0.39, 0.29) is 38.0 Å². The second-order valence-electron chi connectivity index (χ2n) is 18.1. The number of aryl methyl sites for hydroxylation is 1. The number of benzene rings is 4. The van der Waals surface area contributed by atoms with Gasteiger partial charge in [-0.2, -0.15) is 6.67 Å².